The van der Waals surface area contributed by atoms with Crippen molar-refractivity contribution in [3.63, 3.8) is 0 Å². The first-order chi connectivity index (χ1) is 6.57. The average molecular weight is 210 g/mol. The Morgan fingerprint density at radius 1 is 1.07 bits per heavy atom. The third-order valence-electron chi connectivity index (χ3n) is 2.75. The molecule has 0 unspecified atom stereocenters. The van der Waals surface area contributed by atoms with E-state index in [-0.39, 0.29) is 0 Å². The van der Waals surface area contributed by atoms with Crippen molar-refractivity contribution in [3.05, 3.63) is 29.3 Å². The lowest BCUT2D eigenvalue weighted by molar-refractivity contribution is 0.601. The minimum absolute atomic E-state index is 0.457. The summed E-state index contributed by atoms with van der Waals surface area (Å²) in [7, 11) is -3.04. The van der Waals surface area contributed by atoms with Crippen molar-refractivity contribution in [2.45, 2.75) is 30.6 Å². The lowest BCUT2D eigenvalue weighted by atomic mass is 9.92. The van der Waals surface area contributed by atoms with Crippen LogP contribution in [0.2, 0.25) is 0 Å². The van der Waals surface area contributed by atoms with Gasteiger partial charge in [-0.3, -0.25) is 0 Å². The number of hydrogen-bond donors (Lipinski definition) is 0. The summed E-state index contributed by atoms with van der Waals surface area (Å²) < 4.78 is 22.6. The summed E-state index contributed by atoms with van der Waals surface area (Å²) >= 11 is 0. The highest BCUT2D eigenvalue weighted by molar-refractivity contribution is 7.90. The van der Waals surface area contributed by atoms with Gasteiger partial charge in [-0.1, -0.05) is 6.07 Å². The topological polar surface area (TPSA) is 34.1 Å². The van der Waals surface area contributed by atoms with E-state index in [4.69, 9.17) is 0 Å². The molecule has 14 heavy (non-hydrogen) atoms. The van der Waals surface area contributed by atoms with E-state index in [0.29, 0.717) is 4.90 Å². The molecular weight excluding hydrogens is 196 g/mol. The first-order valence-corrected chi connectivity index (χ1v) is 6.78. The lowest BCUT2D eigenvalue weighted by Gasteiger charge is -2.15. The van der Waals surface area contributed by atoms with Crippen molar-refractivity contribution in [2.24, 2.45) is 0 Å². The summed E-state index contributed by atoms with van der Waals surface area (Å²) in [6, 6.07) is 5.52. The van der Waals surface area contributed by atoms with Crippen molar-refractivity contribution < 1.29 is 8.42 Å². The molecule has 1 aromatic carbocycles. The van der Waals surface area contributed by atoms with Crippen LogP contribution in [0.5, 0.6) is 0 Å². The maximum atomic E-state index is 11.3. The van der Waals surface area contributed by atoms with Crippen LogP contribution >= 0.6 is 0 Å². The van der Waals surface area contributed by atoms with E-state index in [9.17, 15) is 8.42 Å². The molecule has 0 atom stereocenters. The van der Waals surface area contributed by atoms with Gasteiger partial charge < -0.3 is 0 Å². The normalized spacial score (nSPS) is 16.4. The molecule has 1 aliphatic carbocycles. The largest absolute Gasteiger partial charge is 0.224 e. The Bertz CT molecular complexity index is 446. The second-order valence-electron chi connectivity index (χ2n) is 3.91. The highest BCUT2D eigenvalue weighted by Gasteiger charge is 2.13. The van der Waals surface area contributed by atoms with Crippen molar-refractivity contribution in [1.29, 1.82) is 0 Å². The summed E-state index contributed by atoms with van der Waals surface area (Å²) in [6.07, 6.45) is 5.79. The molecule has 0 aromatic heterocycles. The van der Waals surface area contributed by atoms with Crippen LogP contribution < -0.4 is 0 Å². The molecule has 2 nitrogen and oxygen atoms in total. The summed E-state index contributed by atoms with van der Waals surface area (Å²) in [5.41, 5.74) is 2.54. The molecule has 0 N–H and O–H groups in total. The minimum atomic E-state index is -3.04. The van der Waals surface area contributed by atoms with E-state index in [1.165, 1.54) is 30.2 Å². The summed E-state index contributed by atoms with van der Waals surface area (Å²) in [5.74, 6) is 0. The molecule has 0 bridgehead atoms. The van der Waals surface area contributed by atoms with Crippen molar-refractivity contribution in [2.75, 3.05) is 6.26 Å². The molecule has 2 rings (SSSR count). The Morgan fingerprint density at radius 2 is 1.71 bits per heavy atom. The van der Waals surface area contributed by atoms with Gasteiger partial charge in [0.15, 0.2) is 9.84 Å². The molecule has 0 fully saturated rings. The van der Waals surface area contributed by atoms with E-state index in [0.717, 1.165) is 12.8 Å². The lowest BCUT2D eigenvalue weighted by Crippen LogP contribution is -2.05. The van der Waals surface area contributed by atoms with Crippen LogP contribution in [-0.4, -0.2) is 14.7 Å². The van der Waals surface area contributed by atoms with Gasteiger partial charge in [0, 0.05) is 6.26 Å². The summed E-state index contributed by atoms with van der Waals surface area (Å²) in [4.78, 5) is 0.457. The molecule has 0 saturated carbocycles. The van der Waals surface area contributed by atoms with Gasteiger partial charge in [-0.15, -0.1) is 0 Å². The molecule has 1 aromatic rings. The fourth-order valence-electron chi connectivity index (χ4n) is 1.94. The first kappa shape index (κ1) is 9.71. The molecule has 0 amide bonds. The second-order valence-corrected chi connectivity index (χ2v) is 5.93. The number of rotatable bonds is 1. The molecule has 0 heterocycles. The maximum absolute atomic E-state index is 11.3. The van der Waals surface area contributed by atoms with E-state index in [1.54, 1.807) is 6.07 Å². The first-order valence-electron chi connectivity index (χ1n) is 4.89. The van der Waals surface area contributed by atoms with Gasteiger partial charge in [-0.25, -0.2) is 8.42 Å². The van der Waals surface area contributed by atoms with Gasteiger partial charge in [0.05, 0.1) is 4.90 Å². The van der Waals surface area contributed by atoms with Gasteiger partial charge >= 0.3 is 0 Å². The Morgan fingerprint density at radius 3 is 2.36 bits per heavy atom. The van der Waals surface area contributed by atoms with E-state index < -0.39 is 9.84 Å². The molecular formula is C11H14O2S. The second kappa shape index (κ2) is 3.39. The van der Waals surface area contributed by atoms with Crippen LogP contribution in [0.3, 0.4) is 0 Å². The van der Waals surface area contributed by atoms with Crippen LogP contribution in [0, 0.1) is 0 Å². The van der Waals surface area contributed by atoms with Crippen LogP contribution in [0.15, 0.2) is 23.1 Å². The van der Waals surface area contributed by atoms with Crippen LogP contribution in [0.25, 0.3) is 0 Å². The molecule has 3 heteroatoms. The Kier molecular flexibility index (Phi) is 2.35. The molecule has 1 aliphatic rings. The highest BCUT2D eigenvalue weighted by atomic mass is 32.2. The van der Waals surface area contributed by atoms with Crippen molar-refractivity contribution >= 4 is 9.84 Å². The number of aryl methyl sites for hydroxylation is 2. The third kappa shape index (κ3) is 1.82. The molecule has 0 radical (unpaired) electrons. The zero-order chi connectivity index (χ0) is 10.2. The maximum Gasteiger partial charge on any atom is 0.175 e. The van der Waals surface area contributed by atoms with Crippen LogP contribution in [-0.2, 0) is 22.7 Å². The van der Waals surface area contributed by atoms with Gasteiger partial charge in [0.2, 0.25) is 0 Å². The van der Waals surface area contributed by atoms with Gasteiger partial charge in [0.1, 0.15) is 0 Å². The minimum Gasteiger partial charge on any atom is -0.224 e. The Labute approximate surface area is 84.9 Å². The molecule has 0 aliphatic heterocycles. The Hall–Kier alpha value is -0.830. The number of hydrogen-bond acceptors (Lipinski definition) is 2. The molecule has 0 saturated heterocycles. The third-order valence-corrected chi connectivity index (χ3v) is 3.86. The standard InChI is InChI=1S/C11H14O2S/c1-14(12,13)11-7-6-9-4-2-3-5-10(9)8-11/h6-8H,2-5H2,1H3. The quantitative estimate of drug-likeness (QED) is 0.710. The van der Waals surface area contributed by atoms with Gasteiger partial charge in [-0.2, -0.15) is 0 Å². The van der Waals surface area contributed by atoms with Crippen molar-refractivity contribution in [1.82, 2.24) is 0 Å². The SMILES string of the molecule is CS(=O)(=O)c1ccc2c(c1)CCCC2. The predicted octanol–water partition coefficient (Wildman–Crippen LogP) is 1.97. The highest BCUT2D eigenvalue weighted by Crippen LogP contribution is 2.23. The smallest absolute Gasteiger partial charge is 0.175 e. The Balaban J connectivity index is 2.49. The fourth-order valence-corrected chi connectivity index (χ4v) is 2.61. The van der Waals surface area contributed by atoms with Gasteiger partial charge in [0.25, 0.3) is 0 Å². The number of benzene rings is 1. The monoisotopic (exact) mass is 210 g/mol. The summed E-state index contributed by atoms with van der Waals surface area (Å²) in [6.45, 7) is 0. The fraction of sp³-hybridized carbons (Fsp3) is 0.455. The average Bonchev–Trinajstić information content (AvgIpc) is 2.16. The molecule has 0 spiro atoms. The van der Waals surface area contributed by atoms with Crippen LogP contribution in [0.1, 0.15) is 24.0 Å². The predicted molar refractivity (Wildman–Crippen MR) is 56.2 cm³/mol. The zero-order valence-corrected chi connectivity index (χ0v) is 9.10. The van der Waals surface area contributed by atoms with E-state index in [1.807, 2.05) is 12.1 Å². The molecule has 76 valence electrons. The summed E-state index contributed by atoms with van der Waals surface area (Å²) in [5, 5.41) is 0. The van der Waals surface area contributed by atoms with Gasteiger partial charge in [-0.05, 0) is 48.9 Å². The number of sulfone groups is 1. The van der Waals surface area contributed by atoms with Crippen LogP contribution in [0.4, 0.5) is 0 Å². The van der Waals surface area contributed by atoms with E-state index >= 15 is 0 Å². The number of fused-ring (bicyclic) bond motifs is 1. The zero-order valence-electron chi connectivity index (χ0n) is 8.29. The van der Waals surface area contributed by atoms with Crippen molar-refractivity contribution in [3.8, 4) is 0 Å². The van der Waals surface area contributed by atoms with E-state index in [2.05, 4.69) is 0 Å².